The molecule has 0 fully saturated rings. The van der Waals surface area contributed by atoms with Crippen molar-refractivity contribution < 1.29 is 0 Å². The van der Waals surface area contributed by atoms with Crippen LogP contribution < -0.4 is 0 Å². The fourth-order valence-electron chi connectivity index (χ4n) is 2.80. The van der Waals surface area contributed by atoms with Crippen LogP contribution in [0.5, 0.6) is 0 Å². The molecule has 0 heterocycles. The van der Waals surface area contributed by atoms with Gasteiger partial charge in [0, 0.05) is 0 Å². The monoisotopic (exact) mass is 300 g/mol. The lowest BCUT2D eigenvalue weighted by Gasteiger charge is -2.23. The third kappa shape index (κ3) is 3.37. The summed E-state index contributed by atoms with van der Waals surface area (Å²) in [7, 11) is 0. The summed E-state index contributed by atoms with van der Waals surface area (Å²) in [4.78, 5) is 0. The quantitative estimate of drug-likeness (QED) is 0.502. The summed E-state index contributed by atoms with van der Waals surface area (Å²) < 4.78 is 0. The molecule has 3 aromatic carbocycles. The Hall–Kier alpha value is -2.34. The van der Waals surface area contributed by atoms with E-state index in [-0.39, 0.29) is 5.41 Å². The van der Waals surface area contributed by atoms with Crippen molar-refractivity contribution in [1.29, 1.82) is 0 Å². The fraction of sp³-hybridized carbons (Fsp3) is 0.217. The van der Waals surface area contributed by atoms with Crippen LogP contribution in [-0.4, -0.2) is 0 Å². The van der Waals surface area contributed by atoms with Gasteiger partial charge in [-0.1, -0.05) is 99.6 Å². The Bertz CT molecular complexity index is 747. The van der Waals surface area contributed by atoms with Crippen molar-refractivity contribution in [2.45, 2.75) is 32.6 Å². The first-order valence-electron chi connectivity index (χ1n) is 8.36. The maximum Gasteiger partial charge on any atom is -0.0106 e. The molecule has 0 radical (unpaired) electrons. The molecule has 0 aromatic heterocycles. The molecular formula is C23H24. The van der Waals surface area contributed by atoms with Gasteiger partial charge >= 0.3 is 0 Å². The summed E-state index contributed by atoms with van der Waals surface area (Å²) in [5.41, 5.74) is 6.73. The van der Waals surface area contributed by atoms with Crippen molar-refractivity contribution >= 4 is 0 Å². The van der Waals surface area contributed by atoms with Crippen LogP contribution in [0.2, 0.25) is 0 Å². The summed E-state index contributed by atoms with van der Waals surface area (Å²) in [6, 6.07) is 28.4. The van der Waals surface area contributed by atoms with Gasteiger partial charge in [-0.15, -0.1) is 0 Å². The van der Waals surface area contributed by atoms with Gasteiger partial charge in [-0.05, 0) is 39.7 Å². The Balaban J connectivity index is 1.85. The van der Waals surface area contributed by atoms with Crippen molar-refractivity contribution in [3.63, 3.8) is 0 Å². The fourth-order valence-corrected chi connectivity index (χ4v) is 2.80. The van der Waals surface area contributed by atoms with E-state index in [1.54, 1.807) is 0 Å². The molecule has 0 aliphatic heterocycles. The highest BCUT2D eigenvalue weighted by Crippen LogP contribution is 2.30. The van der Waals surface area contributed by atoms with E-state index in [0.29, 0.717) is 0 Å². The van der Waals surface area contributed by atoms with Crippen molar-refractivity contribution in [2.75, 3.05) is 0 Å². The van der Waals surface area contributed by atoms with E-state index in [0.717, 1.165) is 6.42 Å². The second kappa shape index (κ2) is 6.42. The molecule has 23 heavy (non-hydrogen) atoms. The van der Waals surface area contributed by atoms with E-state index in [4.69, 9.17) is 0 Å². The van der Waals surface area contributed by atoms with Crippen molar-refractivity contribution in [3.8, 4) is 22.3 Å². The normalized spacial score (nSPS) is 11.4. The van der Waals surface area contributed by atoms with E-state index in [2.05, 4.69) is 99.6 Å². The predicted molar refractivity (Wildman–Crippen MR) is 101 cm³/mol. The summed E-state index contributed by atoms with van der Waals surface area (Å²) in [6.45, 7) is 6.85. The Morgan fingerprint density at radius 2 is 0.957 bits per heavy atom. The molecule has 3 rings (SSSR count). The third-order valence-electron chi connectivity index (χ3n) is 4.88. The van der Waals surface area contributed by atoms with Crippen LogP contribution in [0.15, 0.2) is 78.9 Å². The lowest BCUT2D eigenvalue weighted by molar-refractivity contribution is 0.506. The zero-order chi connectivity index (χ0) is 16.3. The zero-order valence-electron chi connectivity index (χ0n) is 14.2. The molecule has 0 amide bonds. The molecule has 3 aromatic rings. The summed E-state index contributed by atoms with van der Waals surface area (Å²) in [5.74, 6) is 0. The largest absolute Gasteiger partial charge is 0.0646 e. The summed E-state index contributed by atoms with van der Waals surface area (Å²) in [5, 5.41) is 0. The van der Waals surface area contributed by atoms with Crippen molar-refractivity contribution in [3.05, 3.63) is 84.4 Å². The smallest absolute Gasteiger partial charge is 0.0106 e. The van der Waals surface area contributed by atoms with Crippen LogP contribution in [0.3, 0.4) is 0 Å². The third-order valence-corrected chi connectivity index (χ3v) is 4.88. The number of benzene rings is 3. The highest BCUT2D eigenvalue weighted by molar-refractivity contribution is 5.70. The molecule has 0 aliphatic carbocycles. The van der Waals surface area contributed by atoms with Crippen LogP contribution in [0.25, 0.3) is 22.3 Å². The molecule has 0 bridgehead atoms. The highest BCUT2D eigenvalue weighted by atomic mass is 14.2. The first kappa shape index (κ1) is 15.6. The molecule has 0 atom stereocenters. The van der Waals surface area contributed by atoms with Crippen LogP contribution in [0.4, 0.5) is 0 Å². The minimum absolute atomic E-state index is 0.246. The Labute approximate surface area is 139 Å². The van der Waals surface area contributed by atoms with E-state index in [1.165, 1.54) is 27.8 Å². The lowest BCUT2D eigenvalue weighted by Crippen LogP contribution is -2.14. The molecule has 0 unspecified atom stereocenters. The molecule has 0 saturated carbocycles. The summed E-state index contributed by atoms with van der Waals surface area (Å²) >= 11 is 0. The van der Waals surface area contributed by atoms with Gasteiger partial charge in [-0.2, -0.15) is 0 Å². The van der Waals surface area contributed by atoms with Crippen LogP contribution in [-0.2, 0) is 5.41 Å². The maximum absolute atomic E-state index is 2.30. The molecule has 0 spiro atoms. The molecule has 0 heteroatoms. The maximum atomic E-state index is 2.30. The molecule has 0 saturated heterocycles. The van der Waals surface area contributed by atoms with Gasteiger partial charge in [0.1, 0.15) is 0 Å². The zero-order valence-corrected chi connectivity index (χ0v) is 14.2. The second-order valence-corrected chi connectivity index (χ2v) is 6.76. The van der Waals surface area contributed by atoms with Crippen molar-refractivity contribution in [1.82, 2.24) is 0 Å². The predicted octanol–water partition coefficient (Wildman–Crippen LogP) is 6.71. The minimum Gasteiger partial charge on any atom is -0.0646 e. The van der Waals surface area contributed by atoms with Gasteiger partial charge in [-0.25, -0.2) is 0 Å². The average molecular weight is 300 g/mol. The van der Waals surface area contributed by atoms with Gasteiger partial charge < -0.3 is 0 Å². The number of rotatable bonds is 4. The van der Waals surface area contributed by atoms with Crippen LogP contribution >= 0.6 is 0 Å². The first-order chi connectivity index (χ1) is 11.1. The molecule has 0 aliphatic rings. The Kier molecular flexibility index (Phi) is 4.34. The van der Waals surface area contributed by atoms with Gasteiger partial charge in [0.2, 0.25) is 0 Å². The molecule has 0 nitrogen and oxygen atoms in total. The SMILES string of the molecule is CCC(C)(C)c1ccc(-c2ccc(-c3ccccc3)cc2)cc1. The molecule has 0 N–H and O–H groups in total. The van der Waals surface area contributed by atoms with Gasteiger partial charge in [0.15, 0.2) is 0 Å². The van der Waals surface area contributed by atoms with Gasteiger partial charge in [0.25, 0.3) is 0 Å². The van der Waals surface area contributed by atoms with Crippen LogP contribution in [0, 0.1) is 0 Å². The van der Waals surface area contributed by atoms with E-state index < -0.39 is 0 Å². The topological polar surface area (TPSA) is 0 Å². The first-order valence-corrected chi connectivity index (χ1v) is 8.36. The van der Waals surface area contributed by atoms with Gasteiger partial charge in [0.05, 0.1) is 0 Å². The molecular weight excluding hydrogens is 276 g/mol. The average Bonchev–Trinajstić information content (AvgIpc) is 2.63. The number of hydrogen-bond donors (Lipinski definition) is 0. The van der Waals surface area contributed by atoms with E-state index in [9.17, 15) is 0 Å². The lowest BCUT2D eigenvalue weighted by atomic mass is 9.82. The van der Waals surface area contributed by atoms with E-state index in [1.807, 2.05) is 0 Å². The number of hydrogen-bond acceptors (Lipinski definition) is 0. The highest BCUT2D eigenvalue weighted by Gasteiger charge is 2.17. The van der Waals surface area contributed by atoms with Crippen LogP contribution in [0.1, 0.15) is 32.8 Å². The molecule has 116 valence electrons. The standard InChI is InChI=1S/C23H24/c1-4-23(2,3)22-16-14-21(15-17-22)20-12-10-19(11-13-20)18-8-6-5-7-9-18/h5-17H,4H2,1-3H3. The second-order valence-electron chi connectivity index (χ2n) is 6.76. The van der Waals surface area contributed by atoms with Crippen molar-refractivity contribution in [2.24, 2.45) is 0 Å². The van der Waals surface area contributed by atoms with E-state index >= 15 is 0 Å². The minimum atomic E-state index is 0.246. The van der Waals surface area contributed by atoms with Gasteiger partial charge in [-0.3, -0.25) is 0 Å². The Morgan fingerprint density at radius 1 is 0.565 bits per heavy atom. The Morgan fingerprint density at radius 3 is 1.39 bits per heavy atom. The summed E-state index contributed by atoms with van der Waals surface area (Å²) in [6.07, 6.45) is 1.15.